The third kappa shape index (κ3) is 2.05. The molecule has 0 saturated heterocycles. The first kappa shape index (κ1) is 9.48. The molecule has 0 saturated carbocycles. The highest BCUT2D eigenvalue weighted by Gasteiger charge is 2.04. The number of H-pyrrole nitrogens is 1. The van der Waals surface area contributed by atoms with Gasteiger partial charge in [0.2, 0.25) is 0 Å². The lowest BCUT2D eigenvalue weighted by molar-refractivity contribution is 0.971. The Hall–Kier alpha value is -1.07. The highest BCUT2D eigenvalue weighted by molar-refractivity contribution is 7.99. The first-order chi connectivity index (χ1) is 6.75. The Labute approximate surface area is 90.1 Å². The third-order valence-corrected chi connectivity index (χ3v) is 2.88. The second kappa shape index (κ2) is 3.98. The van der Waals surface area contributed by atoms with Crippen LogP contribution >= 0.6 is 23.4 Å². The molecule has 4 nitrogen and oxygen atoms in total. The molecule has 2 aromatic heterocycles. The SMILES string of the molecule is Cc1cnc(Cl)cc1Sc1ncn[nH]1. The molecule has 2 heterocycles. The predicted molar refractivity (Wildman–Crippen MR) is 54.5 cm³/mol. The van der Waals surface area contributed by atoms with E-state index in [1.54, 1.807) is 6.20 Å². The van der Waals surface area contributed by atoms with Crippen molar-refractivity contribution in [2.45, 2.75) is 17.0 Å². The molecule has 2 aromatic rings. The molecule has 0 atom stereocenters. The molecule has 1 N–H and O–H groups in total. The van der Waals surface area contributed by atoms with Gasteiger partial charge in [-0.25, -0.2) is 9.97 Å². The van der Waals surface area contributed by atoms with Gasteiger partial charge in [0.05, 0.1) is 0 Å². The van der Waals surface area contributed by atoms with E-state index < -0.39 is 0 Å². The molecular formula is C8H7ClN4S. The van der Waals surface area contributed by atoms with E-state index in [4.69, 9.17) is 11.6 Å². The maximum Gasteiger partial charge on any atom is 0.188 e. The van der Waals surface area contributed by atoms with Crippen LogP contribution in [0.1, 0.15) is 5.56 Å². The van der Waals surface area contributed by atoms with Crippen molar-refractivity contribution in [2.24, 2.45) is 0 Å². The molecule has 0 unspecified atom stereocenters. The van der Waals surface area contributed by atoms with Crippen LogP contribution in [0.25, 0.3) is 0 Å². The molecule has 6 heteroatoms. The minimum absolute atomic E-state index is 0.484. The summed E-state index contributed by atoms with van der Waals surface area (Å²) in [6.07, 6.45) is 3.21. The Morgan fingerprint density at radius 2 is 2.29 bits per heavy atom. The van der Waals surface area contributed by atoms with Gasteiger partial charge >= 0.3 is 0 Å². The average Bonchev–Trinajstić information content (AvgIpc) is 2.64. The van der Waals surface area contributed by atoms with Crippen molar-refractivity contribution >= 4 is 23.4 Å². The molecule has 0 radical (unpaired) electrons. The summed E-state index contributed by atoms with van der Waals surface area (Å²) in [5.41, 5.74) is 1.07. The average molecular weight is 227 g/mol. The Morgan fingerprint density at radius 1 is 1.43 bits per heavy atom. The van der Waals surface area contributed by atoms with Crippen LogP contribution in [-0.2, 0) is 0 Å². The van der Waals surface area contributed by atoms with Crippen LogP contribution < -0.4 is 0 Å². The van der Waals surface area contributed by atoms with Gasteiger partial charge in [0.15, 0.2) is 5.16 Å². The summed E-state index contributed by atoms with van der Waals surface area (Å²) in [7, 11) is 0. The number of aromatic nitrogens is 4. The van der Waals surface area contributed by atoms with Crippen molar-refractivity contribution in [1.29, 1.82) is 0 Å². The van der Waals surface area contributed by atoms with Gasteiger partial charge in [-0.3, -0.25) is 5.10 Å². The quantitative estimate of drug-likeness (QED) is 0.799. The summed E-state index contributed by atoms with van der Waals surface area (Å²) >= 11 is 7.27. The van der Waals surface area contributed by atoms with Gasteiger partial charge in [-0.05, 0) is 30.3 Å². The van der Waals surface area contributed by atoms with Crippen LogP contribution in [-0.4, -0.2) is 20.2 Å². The lowest BCUT2D eigenvalue weighted by atomic mass is 10.3. The van der Waals surface area contributed by atoms with Crippen LogP contribution in [0.4, 0.5) is 0 Å². The smallest absolute Gasteiger partial charge is 0.188 e. The molecule has 14 heavy (non-hydrogen) atoms. The molecule has 0 fully saturated rings. The number of hydrogen-bond donors (Lipinski definition) is 1. The first-order valence-corrected chi connectivity index (χ1v) is 5.10. The van der Waals surface area contributed by atoms with E-state index in [0.717, 1.165) is 15.6 Å². The van der Waals surface area contributed by atoms with Crippen molar-refractivity contribution in [3.8, 4) is 0 Å². The van der Waals surface area contributed by atoms with E-state index in [2.05, 4.69) is 20.2 Å². The van der Waals surface area contributed by atoms with Crippen LogP contribution in [0.2, 0.25) is 5.15 Å². The number of pyridine rings is 1. The third-order valence-electron chi connectivity index (χ3n) is 1.62. The number of hydrogen-bond acceptors (Lipinski definition) is 4. The second-order valence-corrected chi connectivity index (χ2v) is 4.08. The first-order valence-electron chi connectivity index (χ1n) is 3.91. The zero-order valence-electron chi connectivity index (χ0n) is 7.36. The number of halogens is 1. The monoisotopic (exact) mass is 226 g/mol. The van der Waals surface area contributed by atoms with Crippen LogP contribution in [0.3, 0.4) is 0 Å². The van der Waals surface area contributed by atoms with Gasteiger partial charge in [0.1, 0.15) is 11.5 Å². The maximum absolute atomic E-state index is 5.79. The molecule has 0 aliphatic heterocycles. The second-order valence-electron chi connectivity index (χ2n) is 2.67. The Bertz CT molecular complexity index is 429. The molecule has 0 amide bonds. The van der Waals surface area contributed by atoms with Gasteiger partial charge < -0.3 is 0 Å². The largest absolute Gasteiger partial charge is 0.254 e. The topological polar surface area (TPSA) is 54.5 Å². The fourth-order valence-corrected chi connectivity index (χ4v) is 1.95. The van der Waals surface area contributed by atoms with E-state index in [9.17, 15) is 0 Å². The van der Waals surface area contributed by atoms with E-state index in [-0.39, 0.29) is 0 Å². The molecule has 0 bridgehead atoms. The maximum atomic E-state index is 5.79. The van der Waals surface area contributed by atoms with Crippen LogP contribution in [0, 0.1) is 6.92 Å². The lowest BCUT2D eigenvalue weighted by Crippen LogP contribution is -1.84. The van der Waals surface area contributed by atoms with Crippen LogP contribution in [0.5, 0.6) is 0 Å². The number of aryl methyl sites for hydroxylation is 1. The number of nitrogens with zero attached hydrogens (tertiary/aromatic N) is 3. The van der Waals surface area contributed by atoms with E-state index in [1.807, 2.05) is 13.0 Å². The Kier molecular flexibility index (Phi) is 2.69. The summed E-state index contributed by atoms with van der Waals surface area (Å²) in [6, 6.07) is 1.81. The van der Waals surface area contributed by atoms with Crippen LogP contribution in [0.15, 0.2) is 28.6 Å². The van der Waals surface area contributed by atoms with E-state index in [0.29, 0.717) is 5.15 Å². The molecule has 0 aliphatic carbocycles. The van der Waals surface area contributed by atoms with Crippen molar-refractivity contribution in [3.05, 3.63) is 29.3 Å². The van der Waals surface area contributed by atoms with Crippen molar-refractivity contribution in [3.63, 3.8) is 0 Å². The zero-order valence-corrected chi connectivity index (χ0v) is 8.93. The molecule has 2 rings (SSSR count). The molecule has 0 aromatic carbocycles. The summed E-state index contributed by atoms with van der Waals surface area (Å²) in [6.45, 7) is 1.97. The number of rotatable bonds is 2. The highest BCUT2D eigenvalue weighted by atomic mass is 35.5. The minimum atomic E-state index is 0.484. The standard InChI is InChI=1S/C8H7ClN4S/c1-5-3-10-7(9)2-6(5)14-8-11-4-12-13-8/h2-4H,1H3,(H,11,12,13). The lowest BCUT2D eigenvalue weighted by Gasteiger charge is -2.01. The zero-order chi connectivity index (χ0) is 9.97. The predicted octanol–water partition coefficient (Wildman–Crippen LogP) is 2.31. The van der Waals surface area contributed by atoms with Gasteiger partial charge in [-0.2, -0.15) is 5.10 Å². The normalized spacial score (nSPS) is 10.4. The summed E-state index contributed by atoms with van der Waals surface area (Å²) in [4.78, 5) is 9.02. The number of aromatic amines is 1. The fraction of sp³-hybridized carbons (Fsp3) is 0.125. The highest BCUT2D eigenvalue weighted by Crippen LogP contribution is 2.28. The number of nitrogens with one attached hydrogen (secondary N) is 1. The minimum Gasteiger partial charge on any atom is -0.254 e. The fourth-order valence-electron chi connectivity index (χ4n) is 0.939. The van der Waals surface area contributed by atoms with Crippen molar-refractivity contribution in [2.75, 3.05) is 0 Å². The van der Waals surface area contributed by atoms with Crippen molar-refractivity contribution in [1.82, 2.24) is 20.2 Å². The van der Waals surface area contributed by atoms with Gasteiger partial charge in [0.25, 0.3) is 0 Å². The summed E-state index contributed by atoms with van der Waals surface area (Å²) in [5, 5.41) is 7.77. The summed E-state index contributed by atoms with van der Waals surface area (Å²) < 4.78 is 0. The van der Waals surface area contributed by atoms with Crippen molar-refractivity contribution < 1.29 is 0 Å². The molecule has 0 aliphatic rings. The van der Waals surface area contributed by atoms with Gasteiger partial charge in [-0.1, -0.05) is 11.6 Å². The Balaban J connectivity index is 2.28. The van der Waals surface area contributed by atoms with E-state index >= 15 is 0 Å². The van der Waals surface area contributed by atoms with Gasteiger partial charge in [-0.15, -0.1) is 0 Å². The van der Waals surface area contributed by atoms with E-state index in [1.165, 1.54) is 18.1 Å². The molecule has 72 valence electrons. The summed E-state index contributed by atoms with van der Waals surface area (Å²) in [5.74, 6) is 0. The molecule has 0 spiro atoms. The molecular weight excluding hydrogens is 220 g/mol. The van der Waals surface area contributed by atoms with Gasteiger partial charge in [0, 0.05) is 11.1 Å². The Morgan fingerprint density at radius 3 is 3.00 bits per heavy atom.